The van der Waals surface area contributed by atoms with E-state index in [1.54, 1.807) is 0 Å². The fourth-order valence-corrected chi connectivity index (χ4v) is 9.29. The Morgan fingerprint density at radius 1 is 1.14 bits per heavy atom. The van der Waals surface area contributed by atoms with Crippen LogP contribution in [0, 0.1) is 22.7 Å². The van der Waals surface area contributed by atoms with Crippen LogP contribution in [0.4, 0.5) is 17.5 Å². The third-order valence-electron chi connectivity index (χ3n) is 10.6. The molecule has 222 valence electrons. The van der Waals surface area contributed by atoms with Gasteiger partial charge in [-0.2, -0.15) is 18.1 Å². The largest absolute Gasteiger partial charge is 0.370 e. The molecule has 9 nitrogen and oxygen atoms in total. The highest BCUT2D eigenvalue weighted by Gasteiger charge is 2.85. The number of ether oxygens (including phenoxy) is 1. The van der Waals surface area contributed by atoms with Gasteiger partial charge in [0.25, 0.3) is 5.91 Å². The molecule has 1 amide bonds. The number of hydrazine groups is 1. The predicted molar refractivity (Wildman–Crippen MR) is 168 cm³/mol. The van der Waals surface area contributed by atoms with E-state index in [9.17, 15) is 4.79 Å². The molecule has 3 saturated carbocycles. The van der Waals surface area contributed by atoms with Crippen LogP contribution in [0.1, 0.15) is 68.6 Å². The van der Waals surface area contributed by atoms with Crippen LogP contribution >= 0.6 is 24.6 Å². The number of aromatic nitrogens is 2. The van der Waals surface area contributed by atoms with E-state index in [2.05, 4.69) is 32.3 Å². The van der Waals surface area contributed by atoms with Crippen molar-refractivity contribution in [3.63, 3.8) is 0 Å². The Kier molecular flexibility index (Phi) is 6.48. The number of rotatable bonds is 5. The quantitative estimate of drug-likeness (QED) is 0.266. The van der Waals surface area contributed by atoms with Gasteiger partial charge >= 0.3 is 0 Å². The first-order valence-electron chi connectivity index (χ1n) is 15.4. The number of nitrogens with zero attached hydrogens (tertiary/aromatic N) is 4. The molecule has 11 heteroatoms. The zero-order valence-corrected chi connectivity index (χ0v) is 25.7. The van der Waals surface area contributed by atoms with E-state index in [0.29, 0.717) is 17.3 Å². The standard InChI is InChI=1S/C31H39N7O2S2/c1-29(41)18-20-4-3-15-32-23-5-2-6-26(33-23)42-36-28(39)21-7-8-24(34-27(21)37(29)19-20)38-16-9-25(35-38)40-17-10-22-30(11-12-30)31(22)13-14-31/h2,5-9,16,20,22,25,35,41H,3-4,10-15,17-19H2,1H3,(H,32,33)(H,36,39)/t20-,25?,29?/m0/s1. The molecular weight excluding hydrogens is 567 g/mol. The minimum absolute atomic E-state index is 0.184. The predicted octanol–water partition coefficient (Wildman–Crippen LogP) is 5.35. The first-order chi connectivity index (χ1) is 20.4. The van der Waals surface area contributed by atoms with Crippen molar-refractivity contribution in [3.05, 3.63) is 48.2 Å². The van der Waals surface area contributed by atoms with Crippen LogP contribution in [0.2, 0.25) is 0 Å². The van der Waals surface area contributed by atoms with E-state index in [4.69, 9.17) is 22.3 Å². The van der Waals surface area contributed by atoms with E-state index in [1.807, 2.05) is 47.6 Å². The molecule has 3 aliphatic heterocycles. The van der Waals surface area contributed by atoms with E-state index in [0.717, 1.165) is 72.4 Å². The van der Waals surface area contributed by atoms with Gasteiger partial charge in [0.15, 0.2) is 0 Å². The molecule has 2 aromatic heterocycles. The fourth-order valence-electron chi connectivity index (χ4n) is 8.26. The zero-order valence-electron chi connectivity index (χ0n) is 24.0. The maximum Gasteiger partial charge on any atom is 0.265 e. The summed E-state index contributed by atoms with van der Waals surface area (Å²) >= 11 is 6.31. The van der Waals surface area contributed by atoms with Gasteiger partial charge in [0.1, 0.15) is 28.7 Å². The summed E-state index contributed by atoms with van der Waals surface area (Å²) in [5.41, 5.74) is 5.40. The molecule has 2 aromatic rings. The van der Waals surface area contributed by atoms with Gasteiger partial charge in [-0.05, 0) is 111 Å². The third kappa shape index (κ3) is 4.67. The highest BCUT2D eigenvalue weighted by Crippen LogP contribution is 2.93. The second-order valence-corrected chi connectivity index (χ2v) is 15.0. The van der Waals surface area contributed by atoms with E-state index in [1.165, 1.54) is 44.1 Å². The first kappa shape index (κ1) is 27.1. The molecule has 0 aromatic carbocycles. The average Bonchev–Trinajstić information content (AvgIpc) is 3.93. The lowest BCUT2D eigenvalue weighted by molar-refractivity contribution is 0.0624. The Hall–Kier alpha value is -2.47. The van der Waals surface area contributed by atoms with Crippen molar-refractivity contribution < 1.29 is 9.53 Å². The van der Waals surface area contributed by atoms with Crippen molar-refractivity contribution in [1.29, 1.82) is 0 Å². The van der Waals surface area contributed by atoms with E-state index < -0.39 is 4.87 Å². The molecule has 6 aliphatic rings. The maximum atomic E-state index is 13.6. The molecular formula is C31H39N7O2S2. The summed E-state index contributed by atoms with van der Waals surface area (Å²) in [6.45, 7) is 4.56. The highest BCUT2D eigenvalue weighted by molar-refractivity contribution is 7.97. The summed E-state index contributed by atoms with van der Waals surface area (Å²) in [5.74, 6) is 3.33. The Balaban J connectivity index is 0.997. The SMILES string of the molecule is CC1(S)C[C@@H]2CCCNc3cccc(n3)SNC(=O)c3ccc(N4C=CC(OCCC5C6(CC6)C56CC6)N4)nc3N1C2. The molecule has 3 atom stereocenters. The number of carbonyl (C=O) groups excluding carboxylic acids is 1. The summed E-state index contributed by atoms with van der Waals surface area (Å²) in [4.78, 5) is 25.1. The van der Waals surface area contributed by atoms with E-state index >= 15 is 0 Å². The van der Waals surface area contributed by atoms with Crippen LogP contribution in [-0.4, -0.2) is 46.7 Å². The van der Waals surface area contributed by atoms with Gasteiger partial charge in [-0.15, -0.1) is 0 Å². The number of anilines is 3. The van der Waals surface area contributed by atoms with Crippen LogP contribution in [0.15, 0.2) is 47.6 Å². The maximum absolute atomic E-state index is 13.6. The highest BCUT2D eigenvalue weighted by atomic mass is 32.2. The molecule has 3 aliphatic carbocycles. The van der Waals surface area contributed by atoms with Gasteiger partial charge in [-0.3, -0.25) is 14.5 Å². The molecule has 3 N–H and O–H groups in total. The monoisotopic (exact) mass is 605 g/mol. The summed E-state index contributed by atoms with van der Waals surface area (Å²) in [6.07, 6.45) is 13.8. The van der Waals surface area contributed by atoms with Crippen molar-refractivity contribution in [1.82, 2.24) is 20.1 Å². The van der Waals surface area contributed by atoms with Crippen molar-refractivity contribution in [2.24, 2.45) is 22.7 Å². The Morgan fingerprint density at radius 2 is 1.98 bits per heavy atom. The van der Waals surface area contributed by atoms with Gasteiger partial charge in [-0.1, -0.05) is 6.07 Å². The summed E-state index contributed by atoms with van der Waals surface area (Å²) < 4.78 is 9.22. The molecule has 2 spiro atoms. The molecule has 5 heterocycles. The zero-order chi connectivity index (χ0) is 28.5. The van der Waals surface area contributed by atoms with Gasteiger partial charge in [0.05, 0.1) is 10.4 Å². The van der Waals surface area contributed by atoms with Crippen LogP contribution in [-0.2, 0) is 4.74 Å². The topological polar surface area (TPSA) is 94.7 Å². The van der Waals surface area contributed by atoms with Crippen molar-refractivity contribution in [2.45, 2.75) is 74.4 Å². The molecule has 42 heavy (non-hydrogen) atoms. The summed E-state index contributed by atoms with van der Waals surface area (Å²) in [6, 6.07) is 9.57. The van der Waals surface area contributed by atoms with Gasteiger partial charge in [0.2, 0.25) is 0 Å². The Labute approximate surface area is 257 Å². The minimum atomic E-state index is -0.421. The second-order valence-electron chi connectivity index (χ2n) is 13.2. The smallest absolute Gasteiger partial charge is 0.265 e. The second kappa shape index (κ2) is 10.0. The van der Waals surface area contributed by atoms with Crippen LogP contribution in [0.3, 0.4) is 0 Å². The lowest BCUT2D eigenvalue weighted by Crippen LogP contribution is -2.40. The third-order valence-corrected chi connectivity index (χ3v) is 11.7. The minimum Gasteiger partial charge on any atom is -0.370 e. The number of carbonyl (C=O) groups is 1. The number of nitrogens with one attached hydrogen (secondary N) is 3. The Morgan fingerprint density at radius 3 is 2.79 bits per heavy atom. The lowest BCUT2D eigenvalue weighted by atomic mass is 10.0. The number of thiol groups is 1. The number of amides is 1. The van der Waals surface area contributed by atoms with Crippen LogP contribution < -0.4 is 25.4 Å². The molecule has 0 radical (unpaired) electrons. The Bertz CT molecular complexity index is 1410. The average molecular weight is 606 g/mol. The fraction of sp³-hybridized carbons (Fsp3) is 0.581. The number of hydrogen-bond acceptors (Lipinski definition) is 10. The number of fused-ring (bicyclic) bond motifs is 7. The lowest BCUT2D eigenvalue weighted by Gasteiger charge is -2.33. The summed E-state index contributed by atoms with van der Waals surface area (Å²) in [5, 5.41) is 6.06. The van der Waals surface area contributed by atoms with Gasteiger partial charge in [0, 0.05) is 37.8 Å². The molecule has 2 unspecified atom stereocenters. The number of hydrogen-bond donors (Lipinski definition) is 4. The van der Waals surface area contributed by atoms with Crippen molar-refractivity contribution >= 4 is 47.9 Å². The number of pyridine rings is 2. The van der Waals surface area contributed by atoms with Crippen molar-refractivity contribution in [2.75, 3.05) is 34.9 Å². The van der Waals surface area contributed by atoms with E-state index in [-0.39, 0.29) is 12.1 Å². The van der Waals surface area contributed by atoms with Crippen LogP contribution in [0.25, 0.3) is 0 Å². The normalized spacial score (nSPS) is 30.5. The van der Waals surface area contributed by atoms with Crippen molar-refractivity contribution in [3.8, 4) is 0 Å². The molecule has 1 saturated heterocycles. The van der Waals surface area contributed by atoms with Gasteiger partial charge in [-0.25, -0.2) is 9.97 Å². The first-order valence-corrected chi connectivity index (χ1v) is 16.7. The van der Waals surface area contributed by atoms with Crippen LogP contribution in [0.5, 0.6) is 0 Å². The summed E-state index contributed by atoms with van der Waals surface area (Å²) in [7, 11) is 0. The molecule has 4 bridgehead atoms. The molecule has 4 fully saturated rings. The van der Waals surface area contributed by atoms with Gasteiger partial charge < -0.3 is 15.0 Å². The molecule has 8 rings (SSSR count).